The van der Waals surface area contributed by atoms with Gasteiger partial charge in [-0.05, 0) is 32.4 Å². The van der Waals surface area contributed by atoms with Crippen molar-refractivity contribution in [3.05, 3.63) is 0 Å². The van der Waals surface area contributed by atoms with E-state index in [4.69, 9.17) is 5.26 Å². The Bertz CT molecular complexity index is 368. The molecule has 2 aliphatic heterocycles. The highest BCUT2D eigenvalue weighted by Gasteiger charge is 2.50. The summed E-state index contributed by atoms with van der Waals surface area (Å²) in [7, 11) is 0. The molecule has 6 nitrogen and oxygen atoms in total. The second kappa shape index (κ2) is 4.72. The Kier molecular flexibility index (Phi) is 3.29. The number of nitriles is 1. The molecule has 1 spiro atoms. The number of urea groups is 1. The lowest BCUT2D eigenvalue weighted by Crippen LogP contribution is -2.53. The lowest BCUT2D eigenvalue weighted by atomic mass is 9.88. The van der Waals surface area contributed by atoms with Crippen LogP contribution in [0, 0.1) is 11.3 Å². The summed E-state index contributed by atoms with van der Waals surface area (Å²) >= 11 is 0. The van der Waals surface area contributed by atoms with E-state index in [1.165, 1.54) is 4.90 Å². The van der Waals surface area contributed by atoms with Gasteiger partial charge in [0.05, 0.1) is 6.07 Å². The minimum atomic E-state index is -0.686. The van der Waals surface area contributed by atoms with Crippen molar-refractivity contribution in [3.63, 3.8) is 0 Å². The number of piperidine rings is 1. The fraction of sp³-hybridized carbons (Fsp3) is 0.727. The highest BCUT2D eigenvalue weighted by atomic mass is 16.2. The van der Waals surface area contributed by atoms with E-state index in [9.17, 15) is 9.59 Å². The largest absolute Gasteiger partial charge is 0.325 e. The van der Waals surface area contributed by atoms with E-state index in [1.54, 1.807) is 0 Å². The Morgan fingerprint density at radius 2 is 2.06 bits per heavy atom. The van der Waals surface area contributed by atoms with E-state index >= 15 is 0 Å². The van der Waals surface area contributed by atoms with E-state index in [-0.39, 0.29) is 11.9 Å². The van der Waals surface area contributed by atoms with Crippen molar-refractivity contribution in [1.82, 2.24) is 15.5 Å². The van der Waals surface area contributed by atoms with Crippen LogP contribution in [0.15, 0.2) is 0 Å². The van der Waals surface area contributed by atoms with E-state index in [0.717, 1.165) is 13.1 Å². The molecule has 2 rings (SSSR count). The van der Waals surface area contributed by atoms with Crippen LogP contribution in [0.25, 0.3) is 0 Å². The molecule has 0 saturated carbocycles. The van der Waals surface area contributed by atoms with Gasteiger partial charge >= 0.3 is 6.03 Å². The molecule has 0 aliphatic carbocycles. The molecule has 2 aliphatic rings. The summed E-state index contributed by atoms with van der Waals surface area (Å²) in [5.74, 6) is -0.123. The highest BCUT2D eigenvalue weighted by Crippen LogP contribution is 2.26. The van der Waals surface area contributed by atoms with E-state index in [0.29, 0.717) is 32.2 Å². The number of rotatable bonds is 3. The van der Waals surface area contributed by atoms with Gasteiger partial charge in [0.25, 0.3) is 5.91 Å². The summed E-state index contributed by atoms with van der Waals surface area (Å²) < 4.78 is 0. The Balaban J connectivity index is 2.03. The molecule has 6 heteroatoms. The second-order valence-electron chi connectivity index (χ2n) is 4.48. The second-order valence-corrected chi connectivity index (χ2v) is 4.48. The molecule has 92 valence electrons. The van der Waals surface area contributed by atoms with Crippen molar-refractivity contribution >= 4 is 11.9 Å². The van der Waals surface area contributed by atoms with Gasteiger partial charge in [0.2, 0.25) is 0 Å². The van der Waals surface area contributed by atoms with E-state index in [1.807, 2.05) is 6.07 Å². The van der Waals surface area contributed by atoms with Gasteiger partial charge in [-0.3, -0.25) is 9.69 Å². The molecular formula is C11H16N4O2. The Hall–Kier alpha value is -1.61. The third kappa shape index (κ3) is 2.11. The van der Waals surface area contributed by atoms with Gasteiger partial charge < -0.3 is 10.6 Å². The number of imide groups is 1. The zero-order valence-electron chi connectivity index (χ0n) is 9.66. The van der Waals surface area contributed by atoms with Crippen LogP contribution in [0.3, 0.4) is 0 Å². The van der Waals surface area contributed by atoms with Gasteiger partial charge in [0.1, 0.15) is 5.54 Å². The summed E-state index contributed by atoms with van der Waals surface area (Å²) in [5, 5.41) is 14.4. The molecule has 2 saturated heterocycles. The van der Waals surface area contributed by atoms with Crippen molar-refractivity contribution < 1.29 is 9.59 Å². The van der Waals surface area contributed by atoms with Crippen molar-refractivity contribution in [1.29, 1.82) is 5.26 Å². The summed E-state index contributed by atoms with van der Waals surface area (Å²) in [5.41, 5.74) is -0.686. The number of hydrogen-bond acceptors (Lipinski definition) is 4. The maximum absolute atomic E-state index is 12.2. The number of nitrogens with zero attached hydrogens (tertiary/aromatic N) is 2. The van der Waals surface area contributed by atoms with Crippen molar-refractivity contribution in [3.8, 4) is 6.07 Å². The molecule has 3 amide bonds. The predicted molar refractivity (Wildman–Crippen MR) is 59.9 cm³/mol. The fourth-order valence-electron chi connectivity index (χ4n) is 2.39. The van der Waals surface area contributed by atoms with Crippen molar-refractivity contribution in [2.45, 2.75) is 31.2 Å². The Labute approximate surface area is 100.0 Å². The van der Waals surface area contributed by atoms with E-state index in [2.05, 4.69) is 10.6 Å². The lowest BCUT2D eigenvalue weighted by Gasteiger charge is -2.31. The average molecular weight is 236 g/mol. The molecule has 0 aromatic rings. The van der Waals surface area contributed by atoms with Crippen LogP contribution in [0.2, 0.25) is 0 Å². The molecular weight excluding hydrogens is 220 g/mol. The topological polar surface area (TPSA) is 85.2 Å². The summed E-state index contributed by atoms with van der Waals surface area (Å²) in [6, 6.07) is 1.70. The first-order valence-electron chi connectivity index (χ1n) is 5.91. The van der Waals surface area contributed by atoms with Crippen LogP contribution in [0.5, 0.6) is 0 Å². The van der Waals surface area contributed by atoms with Gasteiger partial charge in [-0.2, -0.15) is 5.26 Å². The minimum Gasteiger partial charge on any atom is -0.323 e. The monoisotopic (exact) mass is 236 g/mol. The maximum Gasteiger partial charge on any atom is 0.325 e. The van der Waals surface area contributed by atoms with Crippen molar-refractivity contribution in [2.75, 3.05) is 19.6 Å². The quantitative estimate of drug-likeness (QED) is 0.532. The molecule has 2 heterocycles. The molecule has 2 N–H and O–H groups in total. The lowest BCUT2D eigenvalue weighted by molar-refractivity contribution is -0.132. The van der Waals surface area contributed by atoms with Gasteiger partial charge in [-0.25, -0.2) is 4.79 Å². The SMILES string of the molecule is N#CCCCN1C(=O)NC2(CCNCC2)C1=O. The van der Waals surface area contributed by atoms with Crippen molar-refractivity contribution in [2.24, 2.45) is 0 Å². The number of hydrogen-bond donors (Lipinski definition) is 2. The first kappa shape index (κ1) is 11.9. The van der Waals surface area contributed by atoms with Crippen LogP contribution < -0.4 is 10.6 Å². The highest BCUT2D eigenvalue weighted by molar-refractivity contribution is 6.07. The first-order chi connectivity index (χ1) is 8.19. The standard InChI is InChI=1S/C11H16N4O2/c12-5-1-2-8-15-9(16)11(14-10(15)17)3-6-13-7-4-11/h13H,1-4,6-8H2,(H,14,17). The fourth-order valence-corrected chi connectivity index (χ4v) is 2.39. The van der Waals surface area contributed by atoms with Gasteiger partial charge in [0, 0.05) is 13.0 Å². The molecule has 17 heavy (non-hydrogen) atoms. The minimum absolute atomic E-state index is 0.123. The number of unbranched alkanes of at least 4 members (excludes halogenated alkanes) is 1. The smallest absolute Gasteiger partial charge is 0.323 e. The zero-order valence-corrected chi connectivity index (χ0v) is 9.66. The third-order valence-electron chi connectivity index (χ3n) is 3.37. The molecule has 0 atom stereocenters. The molecule has 0 unspecified atom stereocenters. The third-order valence-corrected chi connectivity index (χ3v) is 3.37. The maximum atomic E-state index is 12.2. The molecule has 0 bridgehead atoms. The predicted octanol–water partition coefficient (Wildman–Crippen LogP) is -0.0358. The van der Waals surface area contributed by atoms with Crippen LogP contribution in [0.1, 0.15) is 25.7 Å². The molecule has 0 aromatic carbocycles. The molecule has 0 aromatic heterocycles. The normalized spacial score (nSPS) is 22.6. The molecule has 2 fully saturated rings. The zero-order chi connectivity index (χ0) is 12.3. The van der Waals surface area contributed by atoms with E-state index < -0.39 is 5.54 Å². The Morgan fingerprint density at radius 1 is 1.35 bits per heavy atom. The summed E-state index contributed by atoms with van der Waals surface area (Å²) in [6.45, 7) is 1.84. The summed E-state index contributed by atoms with van der Waals surface area (Å²) in [6.07, 6.45) is 2.20. The number of amides is 3. The van der Waals surface area contributed by atoms with Gasteiger partial charge in [0.15, 0.2) is 0 Å². The Morgan fingerprint density at radius 3 is 2.71 bits per heavy atom. The van der Waals surface area contributed by atoms with Gasteiger partial charge in [-0.15, -0.1) is 0 Å². The first-order valence-corrected chi connectivity index (χ1v) is 5.91. The average Bonchev–Trinajstić information content (AvgIpc) is 2.55. The number of carbonyl (C=O) groups excluding carboxylic acids is 2. The van der Waals surface area contributed by atoms with Gasteiger partial charge in [-0.1, -0.05) is 0 Å². The number of nitrogens with one attached hydrogen (secondary N) is 2. The number of carbonyl (C=O) groups is 2. The van der Waals surface area contributed by atoms with Crippen LogP contribution in [-0.4, -0.2) is 42.0 Å². The van der Waals surface area contributed by atoms with Crippen LogP contribution >= 0.6 is 0 Å². The van der Waals surface area contributed by atoms with Crippen LogP contribution in [0.4, 0.5) is 4.79 Å². The summed E-state index contributed by atoms with van der Waals surface area (Å²) in [4.78, 5) is 25.2. The van der Waals surface area contributed by atoms with Crippen LogP contribution in [-0.2, 0) is 4.79 Å². The molecule has 0 radical (unpaired) electrons.